The standard InChI is InChI=1S/C19H31NO.ClH/c1-18(2,3)13-10-14(16(20)9-12-7-8-12)17(21)15(11-13)19(4,5)6;/h10-12,16,21H,7-9,20H2,1-6H3;1H/t16-;/m0./s1. The SMILES string of the molecule is CC(C)(C)c1cc([C@@H](N)CC2CC2)c(O)c(C(C)(C)C)c1.Cl. The zero-order chi connectivity index (χ0) is 16.0. The Labute approximate surface area is 141 Å². The zero-order valence-electron chi connectivity index (χ0n) is 14.9. The van der Waals surface area contributed by atoms with E-state index >= 15 is 0 Å². The molecular formula is C19H32ClNO. The maximum atomic E-state index is 10.7. The Morgan fingerprint density at radius 3 is 2.05 bits per heavy atom. The molecule has 0 amide bonds. The van der Waals surface area contributed by atoms with E-state index in [4.69, 9.17) is 5.73 Å². The van der Waals surface area contributed by atoms with Gasteiger partial charge in [0, 0.05) is 11.6 Å². The molecule has 0 aromatic heterocycles. The molecule has 0 heterocycles. The zero-order valence-corrected chi connectivity index (χ0v) is 15.7. The summed E-state index contributed by atoms with van der Waals surface area (Å²) in [6, 6.07) is 4.22. The van der Waals surface area contributed by atoms with Gasteiger partial charge < -0.3 is 10.8 Å². The van der Waals surface area contributed by atoms with Crippen molar-refractivity contribution in [2.24, 2.45) is 11.7 Å². The average molecular weight is 326 g/mol. The van der Waals surface area contributed by atoms with Crippen molar-refractivity contribution < 1.29 is 5.11 Å². The molecular weight excluding hydrogens is 294 g/mol. The van der Waals surface area contributed by atoms with E-state index in [1.807, 2.05) is 0 Å². The molecule has 0 bridgehead atoms. The van der Waals surface area contributed by atoms with E-state index in [9.17, 15) is 5.11 Å². The first-order valence-electron chi connectivity index (χ1n) is 8.13. The van der Waals surface area contributed by atoms with Gasteiger partial charge in [-0.2, -0.15) is 0 Å². The second kappa shape index (κ2) is 6.41. The van der Waals surface area contributed by atoms with Gasteiger partial charge >= 0.3 is 0 Å². The Kier molecular flexibility index (Phi) is 5.63. The first-order valence-corrected chi connectivity index (χ1v) is 8.13. The minimum Gasteiger partial charge on any atom is -0.507 e. The Balaban J connectivity index is 0.00000242. The van der Waals surface area contributed by atoms with Crippen LogP contribution in [-0.4, -0.2) is 5.11 Å². The summed E-state index contributed by atoms with van der Waals surface area (Å²) in [4.78, 5) is 0. The second-order valence-electron chi connectivity index (χ2n) is 8.75. The normalized spacial score (nSPS) is 17.0. The van der Waals surface area contributed by atoms with Crippen LogP contribution in [0.3, 0.4) is 0 Å². The van der Waals surface area contributed by atoms with Crippen molar-refractivity contribution in [2.75, 3.05) is 0 Å². The molecule has 1 aliphatic carbocycles. The molecule has 0 saturated heterocycles. The maximum Gasteiger partial charge on any atom is 0.124 e. The molecule has 1 fully saturated rings. The molecule has 22 heavy (non-hydrogen) atoms. The molecule has 0 unspecified atom stereocenters. The van der Waals surface area contributed by atoms with Crippen LogP contribution >= 0.6 is 12.4 Å². The molecule has 1 aromatic carbocycles. The first-order chi connectivity index (χ1) is 9.50. The second-order valence-corrected chi connectivity index (χ2v) is 8.75. The van der Waals surface area contributed by atoms with Gasteiger partial charge in [0.25, 0.3) is 0 Å². The van der Waals surface area contributed by atoms with Crippen molar-refractivity contribution in [3.8, 4) is 5.75 Å². The van der Waals surface area contributed by atoms with Crippen LogP contribution in [0, 0.1) is 5.92 Å². The number of aromatic hydroxyl groups is 1. The number of hydrogen-bond acceptors (Lipinski definition) is 2. The summed E-state index contributed by atoms with van der Waals surface area (Å²) in [5.74, 6) is 1.17. The van der Waals surface area contributed by atoms with Crippen molar-refractivity contribution in [1.82, 2.24) is 0 Å². The quantitative estimate of drug-likeness (QED) is 0.801. The predicted molar refractivity (Wildman–Crippen MR) is 97.0 cm³/mol. The summed E-state index contributed by atoms with van der Waals surface area (Å²) >= 11 is 0. The van der Waals surface area contributed by atoms with Gasteiger partial charge in [0.15, 0.2) is 0 Å². The number of nitrogens with two attached hydrogens (primary N) is 1. The number of rotatable bonds is 3. The van der Waals surface area contributed by atoms with Gasteiger partial charge in [0.05, 0.1) is 0 Å². The van der Waals surface area contributed by atoms with Crippen LogP contribution in [0.2, 0.25) is 0 Å². The smallest absolute Gasteiger partial charge is 0.124 e. The summed E-state index contributed by atoms with van der Waals surface area (Å²) < 4.78 is 0. The fourth-order valence-corrected chi connectivity index (χ4v) is 2.78. The summed E-state index contributed by atoms with van der Waals surface area (Å²) in [7, 11) is 0. The van der Waals surface area contributed by atoms with Crippen LogP contribution < -0.4 is 5.73 Å². The molecule has 2 nitrogen and oxygen atoms in total. The molecule has 3 heteroatoms. The van der Waals surface area contributed by atoms with E-state index in [0.29, 0.717) is 5.75 Å². The van der Waals surface area contributed by atoms with E-state index in [0.717, 1.165) is 23.5 Å². The van der Waals surface area contributed by atoms with E-state index < -0.39 is 0 Å². The van der Waals surface area contributed by atoms with Gasteiger partial charge in [-0.05, 0) is 40.4 Å². The van der Waals surface area contributed by atoms with Crippen LogP contribution in [0.4, 0.5) is 0 Å². The third-order valence-electron chi connectivity index (χ3n) is 4.50. The lowest BCUT2D eigenvalue weighted by atomic mass is 9.78. The van der Waals surface area contributed by atoms with Crippen LogP contribution in [0.15, 0.2) is 12.1 Å². The third-order valence-corrected chi connectivity index (χ3v) is 4.50. The largest absolute Gasteiger partial charge is 0.507 e. The van der Waals surface area contributed by atoms with Crippen molar-refractivity contribution >= 4 is 12.4 Å². The van der Waals surface area contributed by atoms with Crippen molar-refractivity contribution in [1.29, 1.82) is 0 Å². The van der Waals surface area contributed by atoms with Gasteiger partial charge in [0.1, 0.15) is 5.75 Å². The van der Waals surface area contributed by atoms with Gasteiger partial charge in [-0.15, -0.1) is 12.4 Å². The molecule has 0 spiro atoms. The lowest BCUT2D eigenvalue weighted by Gasteiger charge is -2.29. The molecule has 1 aliphatic rings. The number of phenols is 1. The van der Waals surface area contributed by atoms with Crippen LogP contribution in [0.1, 0.15) is 83.5 Å². The molecule has 2 rings (SSSR count). The van der Waals surface area contributed by atoms with Gasteiger partial charge in [0.2, 0.25) is 0 Å². The fourth-order valence-electron chi connectivity index (χ4n) is 2.78. The van der Waals surface area contributed by atoms with E-state index in [2.05, 4.69) is 53.7 Å². The Morgan fingerprint density at radius 2 is 1.64 bits per heavy atom. The lowest BCUT2D eigenvalue weighted by Crippen LogP contribution is -2.20. The minimum absolute atomic E-state index is 0. The van der Waals surface area contributed by atoms with Crippen molar-refractivity contribution in [3.05, 3.63) is 28.8 Å². The van der Waals surface area contributed by atoms with E-state index in [1.165, 1.54) is 18.4 Å². The van der Waals surface area contributed by atoms with Crippen molar-refractivity contribution in [3.63, 3.8) is 0 Å². The summed E-state index contributed by atoms with van der Waals surface area (Å²) in [5.41, 5.74) is 9.57. The summed E-state index contributed by atoms with van der Waals surface area (Å²) in [6.07, 6.45) is 3.57. The molecule has 3 N–H and O–H groups in total. The molecule has 0 aliphatic heterocycles. The first kappa shape index (κ1) is 19.3. The molecule has 126 valence electrons. The highest BCUT2D eigenvalue weighted by Crippen LogP contribution is 2.43. The highest BCUT2D eigenvalue weighted by molar-refractivity contribution is 5.85. The molecule has 1 saturated carbocycles. The third kappa shape index (κ3) is 4.39. The summed E-state index contributed by atoms with van der Waals surface area (Å²) in [6.45, 7) is 13.1. The highest BCUT2D eigenvalue weighted by Gasteiger charge is 2.29. The predicted octanol–water partition coefficient (Wildman–Crippen LogP) is 5.21. The number of hydrogen-bond donors (Lipinski definition) is 2. The molecule has 1 atom stereocenters. The van der Waals surface area contributed by atoms with Gasteiger partial charge in [-0.25, -0.2) is 0 Å². The minimum atomic E-state index is -0.0839. The topological polar surface area (TPSA) is 46.2 Å². The fraction of sp³-hybridized carbons (Fsp3) is 0.684. The van der Waals surface area contributed by atoms with Crippen molar-refractivity contribution in [2.45, 2.75) is 77.7 Å². The summed E-state index contributed by atoms with van der Waals surface area (Å²) in [5, 5.41) is 10.7. The van der Waals surface area contributed by atoms with Crippen LogP contribution in [-0.2, 0) is 10.8 Å². The molecule has 1 aromatic rings. The number of phenolic OH excluding ortho intramolecular Hbond substituents is 1. The van der Waals surface area contributed by atoms with E-state index in [1.54, 1.807) is 0 Å². The Morgan fingerprint density at radius 1 is 1.09 bits per heavy atom. The van der Waals surface area contributed by atoms with Gasteiger partial charge in [-0.3, -0.25) is 0 Å². The Bertz CT molecular complexity index is 521. The highest BCUT2D eigenvalue weighted by atomic mass is 35.5. The van der Waals surface area contributed by atoms with Gasteiger partial charge in [-0.1, -0.05) is 60.5 Å². The van der Waals surface area contributed by atoms with E-state index in [-0.39, 0.29) is 29.3 Å². The Hall–Kier alpha value is -0.730. The lowest BCUT2D eigenvalue weighted by molar-refractivity contribution is 0.428. The van der Waals surface area contributed by atoms with Crippen LogP contribution in [0.5, 0.6) is 5.75 Å². The molecule has 0 radical (unpaired) electrons. The number of benzene rings is 1. The monoisotopic (exact) mass is 325 g/mol. The van der Waals surface area contributed by atoms with Crippen LogP contribution in [0.25, 0.3) is 0 Å². The average Bonchev–Trinajstić information content (AvgIpc) is 3.09. The number of halogens is 1. The maximum absolute atomic E-state index is 10.7.